The molecule has 0 aromatic rings. The second kappa shape index (κ2) is 4.45. The van der Waals surface area contributed by atoms with Crippen LogP contribution in [0.2, 0.25) is 0 Å². The highest BCUT2D eigenvalue weighted by molar-refractivity contribution is 5.54. The van der Waals surface area contributed by atoms with Gasteiger partial charge in [0, 0.05) is 5.92 Å². The molecule has 0 aliphatic rings. The van der Waals surface area contributed by atoms with Gasteiger partial charge in [-0.05, 0) is 12.3 Å². The lowest BCUT2D eigenvalue weighted by Gasteiger charge is -2.18. The first kappa shape index (κ1) is 9.63. The normalized spacial score (nSPS) is 16.9. The summed E-state index contributed by atoms with van der Waals surface area (Å²) >= 11 is 0. The topological polar surface area (TPSA) is 37.3 Å². The molecular formula is C8H16O2. The summed E-state index contributed by atoms with van der Waals surface area (Å²) in [5.74, 6) is -0.00449. The first-order valence-electron chi connectivity index (χ1n) is 3.76. The number of aliphatic hydroxyl groups excluding tert-OH is 1. The minimum absolute atomic E-state index is 0.176. The summed E-state index contributed by atoms with van der Waals surface area (Å²) in [7, 11) is 0. The molecule has 0 unspecified atom stereocenters. The molecule has 60 valence electrons. The molecule has 0 heterocycles. The molecule has 0 aromatic heterocycles. The molecule has 1 N–H and O–H groups in total. The summed E-state index contributed by atoms with van der Waals surface area (Å²) in [6.07, 6.45) is 1.09. The highest BCUT2D eigenvalue weighted by Crippen LogP contribution is 2.13. The molecule has 0 aliphatic heterocycles. The first-order chi connectivity index (χ1) is 4.63. The Morgan fingerprint density at radius 2 is 2.00 bits per heavy atom. The van der Waals surface area contributed by atoms with E-state index in [0.717, 1.165) is 12.7 Å². The zero-order valence-corrected chi connectivity index (χ0v) is 6.87. The van der Waals surface area contributed by atoms with Gasteiger partial charge < -0.3 is 9.90 Å². The van der Waals surface area contributed by atoms with Gasteiger partial charge in [0.2, 0.25) is 0 Å². The monoisotopic (exact) mass is 144 g/mol. The van der Waals surface area contributed by atoms with Crippen molar-refractivity contribution >= 4 is 6.29 Å². The van der Waals surface area contributed by atoms with Gasteiger partial charge in [0.1, 0.15) is 6.29 Å². The summed E-state index contributed by atoms with van der Waals surface area (Å²) in [5.41, 5.74) is 0. The van der Waals surface area contributed by atoms with Crippen molar-refractivity contribution in [3.05, 3.63) is 0 Å². The molecule has 2 heteroatoms. The van der Waals surface area contributed by atoms with Gasteiger partial charge in [0.25, 0.3) is 0 Å². The Labute approximate surface area is 62.2 Å². The summed E-state index contributed by atoms with van der Waals surface area (Å²) in [4.78, 5) is 10.3. The second-order valence-corrected chi connectivity index (χ2v) is 2.94. The van der Waals surface area contributed by atoms with Gasteiger partial charge in [-0.1, -0.05) is 20.8 Å². The third-order valence-electron chi connectivity index (χ3n) is 1.77. The molecule has 0 amide bonds. The standard InChI is InChI=1S/C8H16O2/c1-4-7(5-9)8(10)6(2)3/h5-8,10H,4H2,1-3H3/t7-,8-/m0/s1. The van der Waals surface area contributed by atoms with Crippen molar-refractivity contribution in [1.29, 1.82) is 0 Å². The Morgan fingerprint density at radius 3 is 2.10 bits per heavy atom. The van der Waals surface area contributed by atoms with Crippen molar-refractivity contribution in [1.82, 2.24) is 0 Å². The lowest BCUT2D eigenvalue weighted by Crippen LogP contribution is -2.26. The fourth-order valence-electron chi connectivity index (χ4n) is 0.913. The summed E-state index contributed by atoms with van der Waals surface area (Å²) in [6, 6.07) is 0. The smallest absolute Gasteiger partial charge is 0.125 e. The molecule has 0 aromatic carbocycles. The van der Waals surface area contributed by atoms with E-state index < -0.39 is 6.10 Å². The molecule has 0 aliphatic carbocycles. The largest absolute Gasteiger partial charge is 0.392 e. The van der Waals surface area contributed by atoms with Gasteiger partial charge in [-0.15, -0.1) is 0 Å². The fourth-order valence-corrected chi connectivity index (χ4v) is 0.913. The molecule has 2 atom stereocenters. The Kier molecular flexibility index (Phi) is 4.28. The van der Waals surface area contributed by atoms with Gasteiger partial charge in [0.15, 0.2) is 0 Å². The number of rotatable bonds is 4. The van der Waals surface area contributed by atoms with E-state index >= 15 is 0 Å². The van der Waals surface area contributed by atoms with E-state index in [4.69, 9.17) is 0 Å². The maximum Gasteiger partial charge on any atom is 0.125 e. The Bertz CT molecular complexity index is 99.4. The lowest BCUT2D eigenvalue weighted by atomic mass is 9.93. The quantitative estimate of drug-likeness (QED) is 0.602. The van der Waals surface area contributed by atoms with Crippen LogP contribution in [0.25, 0.3) is 0 Å². The predicted molar refractivity (Wildman–Crippen MR) is 40.7 cm³/mol. The van der Waals surface area contributed by atoms with Gasteiger partial charge in [-0.2, -0.15) is 0 Å². The van der Waals surface area contributed by atoms with Crippen LogP contribution in [0.1, 0.15) is 27.2 Å². The summed E-state index contributed by atoms with van der Waals surface area (Å²) in [6.45, 7) is 5.73. The minimum Gasteiger partial charge on any atom is -0.392 e. The molecule has 0 bridgehead atoms. The molecule has 2 nitrogen and oxygen atoms in total. The predicted octanol–water partition coefficient (Wildman–Crippen LogP) is 1.23. The van der Waals surface area contributed by atoms with Crippen molar-refractivity contribution in [2.24, 2.45) is 11.8 Å². The molecule has 0 rings (SSSR count). The van der Waals surface area contributed by atoms with Crippen LogP contribution < -0.4 is 0 Å². The average Bonchev–Trinajstić information content (AvgIpc) is 1.90. The van der Waals surface area contributed by atoms with E-state index in [1.54, 1.807) is 0 Å². The van der Waals surface area contributed by atoms with Crippen LogP contribution in [0.5, 0.6) is 0 Å². The van der Waals surface area contributed by atoms with E-state index in [1.165, 1.54) is 0 Å². The van der Waals surface area contributed by atoms with Crippen LogP contribution in [0.4, 0.5) is 0 Å². The van der Waals surface area contributed by atoms with Gasteiger partial charge in [-0.3, -0.25) is 0 Å². The van der Waals surface area contributed by atoms with E-state index in [9.17, 15) is 9.90 Å². The maximum absolute atomic E-state index is 10.3. The highest BCUT2D eigenvalue weighted by Gasteiger charge is 2.19. The van der Waals surface area contributed by atoms with Gasteiger partial charge in [-0.25, -0.2) is 0 Å². The van der Waals surface area contributed by atoms with Crippen LogP contribution in [0, 0.1) is 11.8 Å². The number of hydrogen-bond donors (Lipinski definition) is 1. The Balaban J connectivity index is 3.87. The Hall–Kier alpha value is -0.370. The zero-order valence-electron chi connectivity index (χ0n) is 6.87. The van der Waals surface area contributed by atoms with Crippen molar-refractivity contribution in [2.45, 2.75) is 33.3 Å². The summed E-state index contributed by atoms with van der Waals surface area (Å²) in [5, 5.41) is 9.35. The van der Waals surface area contributed by atoms with Crippen molar-refractivity contribution < 1.29 is 9.90 Å². The van der Waals surface area contributed by atoms with Crippen molar-refractivity contribution in [3.63, 3.8) is 0 Å². The molecule has 0 spiro atoms. The third kappa shape index (κ3) is 2.48. The SMILES string of the molecule is CC[C@@H](C=O)[C@@H](O)C(C)C. The van der Waals surface area contributed by atoms with E-state index in [1.807, 2.05) is 20.8 Å². The second-order valence-electron chi connectivity index (χ2n) is 2.94. The average molecular weight is 144 g/mol. The van der Waals surface area contributed by atoms with Gasteiger partial charge >= 0.3 is 0 Å². The van der Waals surface area contributed by atoms with Crippen LogP contribution >= 0.6 is 0 Å². The van der Waals surface area contributed by atoms with Gasteiger partial charge in [0.05, 0.1) is 6.10 Å². The zero-order chi connectivity index (χ0) is 8.15. The molecular weight excluding hydrogens is 128 g/mol. The maximum atomic E-state index is 10.3. The highest BCUT2D eigenvalue weighted by atomic mass is 16.3. The number of aliphatic hydroxyl groups is 1. The molecule has 0 fully saturated rings. The van der Waals surface area contributed by atoms with E-state index in [2.05, 4.69) is 0 Å². The van der Waals surface area contributed by atoms with Crippen LogP contribution in [-0.2, 0) is 4.79 Å². The third-order valence-corrected chi connectivity index (χ3v) is 1.77. The fraction of sp³-hybridized carbons (Fsp3) is 0.875. The van der Waals surface area contributed by atoms with E-state index in [-0.39, 0.29) is 11.8 Å². The van der Waals surface area contributed by atoms with Crippen molar-refractivity contribution in [2.75, 3.05) is 0 Å². The van der Waals surface area contributed by atoms with E-state index in [0.29, 0.717) is 0 Å². The minimum atomic E-state index is -0.470. The number of carbonyl (C=O) groups excluding carboxylic acids is 1. The van der Waals surface area contributed by atoms with Crippen LogP contribution in [-0.4, -0.2) is 17.5 Å². The number of hydrogen-bond acceptors (Lipinski definition) is 2. The Morgan fingerprint density at radius 1 is 1.50 bits per heavy atom. The van der Waals surface area contributed by atoms with Crippen molar-refractivity contribution in [3.8, 4) is 0 Å². The summed E-state index contributed by atoms with van der Waals surface area (Å²) < 4.78 is 0. The molecule has 0 saturated heterocycles. The lowest BCUT2D eigenvalue weighted by molar-refractivity contribution is -0.115. The van der Waals surface area contributed by atoms with Crippen LogP contribution in [0.15, 0.2) is 0 Å². The van der Waals surface area contributed by atoms with Crippen LogP contribution in [0.3, 0.4) is 0 Å². The number of carbonyl (C=O) groups is 1. The first-order valence-corrected chi connectivity index (χ1v) is 3.76. The number of aldehydes is 1. The molecule has 0 radical (unpaired) electrons. The molecule has 10 heavy (non-hydrogen) atoms. The molecule has 0 saturated carbocycles.